The van der Waals surface area contributed by atoms with Crippen molar-refractivity contribution in [2.45, 2.75) is 19.4 Å². The predicted octanol–water partition coefficient (Wildman–Crippen LogP) is 0.702. The van der Waals surface area contributed by atoms with E-state index in [4.69, 9.17) is 10.8 Å². The maximum absolute atomic E-state index is 11.7. The van der Waals surface area contributed by atoms with Crippen LogP contribution >= 0.6 is 0 Å². The average molecular weight is 222 g/mol. The molecule has 0 aliphatic heterocycles. The van der Waals surface area contributed by atoms with E-state index in [9.17, 15) is 9.59 Å². The Hall–Kier alpha value is -1.75. The van der Waals surface area contributed by atoms with Crippen LogP contribution in [0, 0.1) is 5.92 Å². The number of carbonyl (C=O) groups excluding carboxylic acids is 1. The first-order chi connectivity index (χ1) is 7.52. The molecule has 0 saturated carbocycles. The van der Waals surface area contributed by atoms with Gasteiger partial charge in [-0.2, -0.15) is 0 Å². The number of aliphatic carboxylic acids is 1. The second-order valence-electron chi connectivity index (χ2n) is 3.70. The highest BCUT2D eigenvalue weighted by molar-refractivity contribution is 5.96. The molecule has 86 valence electrons. The Balaban J connectivity index is 2.62. The van der Waals surface area contributed by atoms with E-state index in [-0.39, 0.29) is 12.2 Å². The van der Waals surface area contributed by atoms with Crippen molar-refractivity contribution in [3.05, 3.63) is 30.1 Å². The molecule has 1 unspecified atom stereocenters. The molecular formula is C11H14N2O3. The molecule has 1 rings (SSSR count). The van der Waals surface area contributed by atoms with Gasteiger partial charge in [-0.15, -0.1) is 0 Å². The normalized spacial score (nSPS) is 14.1. The summed E-state index contributed by atoms with van der Waals surface area (Å²) in [6.07, 6.45) is 3.17. The molecule has 0 bridgehead atoms. The van der Waals surface area contributed by atoms with Gasteiger partial charge in [0.2, 0.25) is 0 Å². The van der Waals surface area contributed by atoms with Crippen LogP contribution in [0.25, 0.3) is 0 Å². The molecule has 0 aliphatic rings. The van der Waals surface area contributed by atoms with Crippen molar-refractivity contribution in [3.63, 3.8) is 0 Å². The van der Waals surface area contributed by atoms with Crippen LogP contribution in [-0.2, 0) is 4.79 Å². The fourth-order valence-corrected chi connectivity index (χ4v) is 1.32. The molecule has 1 aromatic rings. The lowest BCUT2D eigenvalue weighted by Crippen LogP contribution is -2.37. The molecule has 5 heteroatoms. The lowest BCUT2D eigenvalue weighted by atomic mass is 9.94. The molecule has 1 aromatic heterocycles. The minimum atomic E-state index is -1.09. The number of carbonyl (C=O) groups is 2. The van der Waals surface area contributed by atoms with E-state index in [0.29, 0.717) is 5.56 Å². The van der Waals surface area contributed by atoms with Crippen molar-refractivity contribution < 1.29 is 14.7 Å². The van der Waals surface area contributed by atoms with Gasteiger partial charge < -0.3 is 10.8 Å². The Kier molecular flexibility index (Phi) is 4.13. The molecule has 0 fully saturated rings. The Morgan fingerprint density at radius 3 is 2.50 bits per heavy atom. The zero-order valence-corrected chi connectivity index (χ0v) is 8.96. The number of rotatable bonds is 5. The molecule has 3 N–H and O–H groups in total. The molecular weight excluding hydrogens is 208 g/mol. The van der Waals surface area contributed by atoms with E-state index in [1.54, 1.807) is 19.1 Å². The van der Waals surface area contributed by atoms with Gasteiger partial charge in [-0.05, 0) is 18.1 Å². The number of ketones is 1. The van der Waals surface area contributed by atoms with Gasteiger partial charge in [0.1, 0.15) is 6.04 Å². The van der Waals surface area contributed by atoms with E-state index >= 15 is 0 Å². The number of Topliss-reactive ketones (excluding diaryl/α,β-unsaturated/α-hetero) is 1. The standard InChI is InChI=1S/C11H14N2O3/c1-7(10(12)11(15)16)6-9(14)8-2-4-13-5-3-8/h2-5,7,10H,6,12H2,1H3,(H,15,16)/t7?,10-/m0/s1. The first-order valence-corrected chi connectivity index (χ1v) is 4.94. The van der Waals surface area contributed by atoms with Crippen molar-refractivity contribution >= 4 is 11.8 Å². The minimum absolute atomic E-state index is 0.119. The first-order valence-electron chi connectivity index (χ1n) is 4.94. The van der Waals surface area contributed by atoms with Crippen LogP contribution in [0.3, 0.4) is 0 Å². The topological polar surface area (TPSA) is 93.3 Å². The SMILES string of the molecule is CC(CC(=O)c1ccncc1)[C@H](N)C(=O)O. The molecule has 0 amide bonds. The van der Waals surface area contributed by atoms with Crippen LogP contribution in [0.2, 0.25) is 0 Å². The van der Waals surface area contributed by atoms with Crippen LogP contribution in [0.15, 0.2) is 24.5 Å². The molecule has 1 heterocycles. The van der Waals surface area contributed by atoms with Crippen molar-refractivity contribution in [3.8, 4) is 0 Å². The fourth-order valence-electron chi connectivity index (χ4n) is 1.32. The lowest BCUT2D eigenvalue weighted by molar-refractivity contribution is -0.139. The minimum Gasteiger partial charge on any atom is -0.480 e. The predicted molar refractivity (Wildman–Crippen MR) is 58.0 cm³/mol. The monoisotopic (exact) mass is 222 g/mol. The average Bonchev–Trinajstić information content (AvgIpc) is 2.28. The summed E-state index contributed by atoms with van der Waals surface area (Å²) in [4.78, 5) is 26.1. The van der Waals surface area contributed by atoms with E-state index < -0.39 is 17.9 Å². The van der Waals surface area contributed by atoms with Crippen LogP contribution in [0.1, 0.15) is 23.7 Å². The van der Waals surface area contributed by atoms with Gasteiger partial charge in [0.05, 0.1) is 0 Å². The van der Waals surface area contributed by atoms with E-state index in [1.807, 2.05) is 0 Å². The van der Waals surface area contributed by atoms with Crippen molar-refractivity contribution in [1.29, 1.82) is 0 Å². The number of nitrogens with zero attached hydrogens (tertiary/aromatic N) is 1. The molecule has 0 radical (unpaired) electrons. The smallest absolute Gasteiger partial charge is 0.320 e. The Labute approximate surface area is 93.3 Å². The van der Waals surface area contributed by atoms with Gasteiger partial charge >= 0.3 is 5.97 Å². The Morgan fingerprint density at radius 1 is 1.44 bits per heavy atom. The Morgan fingerprint density at radius 2 is 2.00 bits per heavy atom. The molecule has 2 atom stereocenters. The largest absolute Gasteiger partial charge is 0.480 e. The summed E-state index contributed by atoms with van der Waals surface area (Å²) in [5.41, 5.74) is 5.95. The van der Waals surface area contributed by atoms with Crippen LogP contribution in [0.4, 0.5) is 0 Å². The summed E-state index contributed by atoms with van der Waals surface area (Å²) in [5.74, 6) is -1.60. The number of hydrogen-bond acceptors (Lipinski definition) is 4. The number of carboxylic acids is 1. The van der Waals surface area contributed by atoms with Crippen molar-refractivity contribution in [2.24, 2.45) is 11.7 Å². The van der Waals surface area contributed by atoms with Gasteiger partial charge in [-0.1, -0.05) is 6.92 Å². The van der Waals surface area contributed by atoms with Gasteiger partial charge in [-0.3, -0.25) is 14.6 Å². The quantitative estimate of drug-likeness (QED) is 0.715. The molecule has 5 nitrogen and oxygen atoms in total. The summed E-state index contributed by atoms with van der Waals surface area (Å²) in [7, 11) is 0. The van der Waals surface area contributed by atoms with Gasteiger partial charge in [-0.25, -0.2) is 0 Å². The molecule has 0 saturated heterocycles. The molecule has 0 spiro atoms. The number of nitrogens with two attached hydrogens (primary N) is 1. The zero-order valence-electron chi connectivity index (χ0n) is 8.96. The number of pyridine rings is 1. The van der Waals surface area contributed by atoms with Crippen LogP contribution in [-0.4, -0.2) is 27.9 Å². The van der Waals surface area contributed by atoms with Crippen LogP contribution < -0.4 is 5.73 Å². The lowest BCUT2D eigenvalue weighted by Gasteiger charge is -2.14. The summed E-state index contributed by atoms with van der Waals surface area (Å²) in [6.45, 7) is 1.65. The van der Waals surface area contributed by atoms with Gasteiger partial charge in [0.15, 0.2) is 5.78 Å². The second kappa shape index (κ2) is 5.37. The molecule has 0 aliphatic carbocycles. The van der Waals surface area contributed by atoms with Gasteiger partial charge in [0.25, 0.3) is 0 Å². The van der Waals surface area contributed by atoms with E-state index in [2.05, 4.69) is 4.98 Å². The third-order valence-electron chi connectivity index (χ3n) is 2.41. The first kappa shape index (κ1) is 12.3. The maximum Gasteiger partial charge on any atom is 0.320 e. The number of carboxylic acid groups (broad SMARTS) is 1. The van der Waals surface area contributed by atoms with E-state index in [0.717, 1.165) is 0 Å². The summed E-state index contributed by atoms with van der Waals surface area (Å²) in [5, 5.41) is 8.69. The van der Waals surface area contributed by atoms with Crippen molar-refractivity contribution in [1.82, 2.24) is 4.98 Å². The second-order valence-corrected chi connectivity index (χ2v) is 3.70. The third-order valence-corrected chi connectivity index (χ3v) is 2.41. The fraction of sp³-hybridized carbons (Fsp3) is 0.364. The highest BCUT2D eigenvalue weighted by Crippen LogP contribution is 2.11. The van der Waals surface area contributed by atoms with Crippen molar-refractivity contribution in [2.75, 3.05) is 0 Å². The highest BCUT2D eigenvalue weighted by atomic mass is 16.4. The molecule has 0 aromatic carbocycles. The third kappa shape index (κ3) is 3.13. The summed E-state index contributed by atoms with van der Waals surface area (Å²) < 4.78 is 0. The Bertz CT molecular complexity index is 378. The molecule has 16 heavy (non-hydrogen) atoms. The maximum atomic E-state index is 11.7. The summed E-state index contributed by atoms with van der Waals surface area (Å²) >= 11 is 0. The van der Waals surface area contributed by atoms with E-state index in [1.165, 1.54) is 12.4 Å². The zero-order chi connectivity index (χ0) is 12.1. The number of aromatic nitrogens is 1. The number of hydrogen-bond donors (Lipinski definition) is 2. The summed E-state index contributed by atoms with van der Waals surface area (Å²) in [6, 6.07) is 2.19. The van der Waals surface area contributed by atoms with Crippen LogP contribution in [0.5, 0.6) is 0 Å². The highest BCUT2D eigenvalue weighted by Gasteiger charge is 2.22. The van der Waals surface area contributed by atoms with Gasteiger partial charge in [0, 0.05) is 24.4 Å².